The molecule has 0 radical (unpaired) electrons. The quantitative estimate of drug-likeness (QED) is 0.471. The molecule has 0 amide bonds. The maximum atomic E-state index is 11.0. The monoisotopic (exact) mass is 355 g/mol. The summed E-state index contributed by atoms with van der Waals surface area (Å²) in [6.07, 6.45) is 0. The fourth-order valence-electron chi connectivity index (χ4n) is 1.80. The predicted octanol–water partition coefficient (Wildman–Crippen LogP) is 4.04. The molecule has 7 heteroatoms. The Labute approximate surface area is 129 Å². The number of aromatic nitrogens is 1. The lowest BCUT2D eigenvalue weighted by molar-refractivity contribution is -0.384. The van der Waals surface area contributed by atoms with Gasteiger partial charge < -0.3 is 4.90 Å². The summed E-state index contributed by atoms with van der Waals surface area (Å²) in [5.74, 6) is 0.248. The van der Waals surface area contributed by atoms with Crippen molar-refractivity contribution in [1.29, 1.82) is 0 Å². The minimum atomic E-state index is -0.463. The van der Waals surface area contributed by atoms with Crippen molar-refractivity contribution < 1.29 is 4.92 Å². The van der Waals surface area contributed by atoms with Crippen LogP contribution >= 0.6 is 27.5 Å². The van der Waals surface area contributed by atoms with Gasteiger partial charge in [0, 0.05) is 24.1 Å². The number of nitro groups is 1. The van der Waals surface area contributed by atoms with Crippen molar-refractivity contribution in [3.63, 3.8) is 0 Å². The maximum absolute atomic E-state index is 11.0. The molecule has 0 aliphatic heterocycles. The Morgan fingerprint density at radius 1 is 1.35 bits per heavy atom. The van der Waals surface area contributed by atoms with Gasteiger partial charge in [-0.05, 0) is 17.7 Å². The van der Waals surface area contributed by atoms with Gasteiger partial charge in [0.15, 0.2) is 0 Å². The van der Waals surface area contributed by atoms with Crippen molar-refractivity contribution in [2.24, 2.45) is 0 Å². The van der Waals surface area contributed by atoms with Crippen molar-refractivity contribution in [2.75, 3.05) is 11.9 Å². The lowest BCUT2D eigenvalue weighted by Gasteiger charge is -2.19. The van der Waals surface area contributed by atoms with E-state index in [9.17, 15) is 10.1 Å². The Bertz CT molecular complexity index is 651. The first kappa shape index (κ1) is 14.7. The zero-order chi connectivity index (χ0) is 14.7. The van der Waals surface area contributed by atoms with Crippen LogP contribution in [0.2, 0.25) is 5.15 Å². The van der Waals surface area contributed by atoms with Crippen LogP contribution in [0.15, 0.2) is 40.9 Å². The number of anilines is 1. The Morgan fingerprint density at radius 3 is 2.70 bits per heavy atom. The number of hydrogen-bond donors (Lipinski definition) is 0. The average molecular weight is 357 g/mol. The molecule has 5 nitrogen and oxygen atoms in total. The van der Waals surface area contributed by atoms with Crippen LogP contribution in [0.3, 0.4) is 0 Å². The highest BCUT2D eigenvalue weighted by Gasteiger charge is 2.19. The lowest BCUT2D eigenvalue weighted by Crippen LogP contribution is -2.19. The number of halogens is 2. The second-order valence-electron chi connectivity index (χ2n) is 4.18. The summed E-state index contributed by atoms with van der Waals surface area (Å²) < 4.78 is 0.941. The molecule has 0 fully saturated rings. The van der Waals surface area contributed by atoms with Crippen LogP contribution in [0.25, 0.3) is 0 Å². The van der Waals surface area contributed by atoms with Gasteiger partial charge in [0.1, 0.15) is 5.15 Å². The third-order valence-corrected chi connectivity index (χ3v) is 3.73. The Hall–Kier alpha value is -1.66. The molecule has 0 saturated heterocycles. The van der Waals surface area contributed by atoms with E-state index in [0.717, 1.165) is 10.0 Å². The molecule has 0 aliphatic carbocycles. The second-order valence-corrected chi connectivity index (χ2v) is 5.42. The van der Waals surface area contributed by atoms with E-state index in [2.05, 4.69) is 20.9 Å². The van der Waals surface area contributed by atoms with Crippen LogP contribution in [0.4, 0.5) is 11.5 Å². The molecular weight excluding hydrogens is 346 g/mol. The number of nitrogens with zero attached hydrogens (tertiary/aromatic N) is 3. The molecule has 0 bridgehead atoms. The van der Waals surface area contributed by atoms with E-state index in [0.29, 0.717) is 6.54 Å². The number of hydrogen-bond acceptors (Lipinski definition) is 4. The molecule has 0 atom stereocenters. The summed E-state index contributed by atoms with van der Waals surface area (Å²) in [5, 5.41) is 11.3. The van der Waals surface area contributed by atoms with E-state index in [1.807, 2.05) is 24.3 Å². The maximum Gasteiger partial charge on any atom is 0.311 e. The SMILES string of the molecule is CN(Cc1ccccc1Br)c1nc(Cl)ccc1[N+](=O)[O-]. The third kappa shape index (κ3) is 3.26. The van der Waals surface area contributed by atoms with Gasteiger partial charge in [-0.1, -0.05) is 45.7 Å². The molecule has 20 heavy (non-hydrogen) atoms. The molecule has 1 aromatic heterocycles. The van der Waals surface area contributed by atoms with Crippen LogP contribution < -0.4 is 4.90 Å². The summed E-state index contributed by atoms with van der Waals surface area (Å²) >= 11 is 9.28. The highest BCUT2D eigenvalue weighted by molar-refractivity contribution is 9.10. The highest BCUT2D eigenvalue weighted by Crippen LogP contribution is 2.28. The minimum Gasteiger partial charge on any atom is -0.350 e. The van der Waals surface area contributed by atoms with Gasteiger partial charge in [0.25, 0.3) is 0 Å². The van der Waals surface area contributed by atoms with Crippen LogP contribution in [0.5, 0.6) is 0 Å². The normalized spacial score (nSPS) is 10.3. The van der Waals surface area contributed by atoms with Gasteiger partial charge in [-0.25, -0.2) is 4.98 Å². The summed E-state index contributed by atoms with van der Waals surface area (Å²) in [6, 6.07) is 10.5. The molecule has 104 valence electrons. The van der Waals surface area contributed by atoms with E-state index in [-0.39, 0.29) is 16.7 Å². The Morgan fingerprint density at radius 2 is 2.05 bits per heavy atom. The van der Waals surface area contributed by atoms with E-state index in [1.165, 1.54) is 12.1 Å². The molecule has 2 aromatic rings. The van der Waals surface area contributed by atoms with Crippen molar-refractivity contribution in [3.05, 3.63) is 61.7 Å². The zero-order valence-corrected chi connectivity index (χ0v) is 12.9. The van der Waals surface area contributed by atoms with Gasteiger partial charge >= 0.3 is 5.69 Å². The van der Waals surface area contributed by atoms with Gasteiger partial charge in [0.05, 0.1) is 4.92 Å². The number of rotatable bonds is 4. The van der Waals surface area contributed by atoms with Crippen molar-refractivity contribution in [3.8, 4) is 0 Å². The molecule has 0 saturated carbocycles. The van der Waals surface area contributed by atoms with Crippen LogP contribution in [0, 0.1) is 10.1 Å². The molecule has 1 heterocycles. The third-order valence-electron chi connectivity index (χ3n) is 2.74. The topological polar surface area (TPSA) is 59.3 Å². The Balaban J connectivity index is 2.34. The smallest absolute Gasteiger partial charge is 0.311 e. The van der Waals surface area contributed by atoms with Crippen LogP contribution in [-0.2, 0) is 6.54 Å². The van der Waals surface area contributed by atoms with Gasteiger partial charge in [-0.2, -0.15) is 0 Å². The van der Waals surface area contributed by atoms with Crippen LogP contribution in [-0.4, -0.2) is 17.0 Å². The molecule has 2 rings (SSSR count). The first-order valence-corrected chi connectivity index (χ1v) is 6.91. The standard InChI is InChI=1S/C13H11BrClN3O2/c1-17(8-9-4-2-3-5-10(9)14)13-11(18(19)20)6-7-12(15)16-13/h2-7H,8H2,1H3. The van der Waals surface area contributed by atoms with E-state index in [4.69, 9.17) is 11.6 Å². The molecular formula is C13H11BrClN3O2. The summed E-state index contributed by atoms with van der Waals surface area (Å²) in [7, 11) is 1.74. The molecule has 0 unspecified atom stereocenters. The molecule has 0 spiro atoms. The van der Waals surface area contributed by atoms with Gasteiger partial charge in [-0.3, -0.25) is 10.1 Å². The average Bonchev–Trinajstić information content (AvgIpc) is 2.40. The largest absolute Gasteiger partial charge is 0.350 e. The predicted molar refractivity (Wildman–Crippen MR) is 82.2 cm³/mol. The zero-order valence-electron chi connectivity index (χ0n) is 10.6. The van der Waals surface area contributed by atoms with Crippen molar-refractivity contribution >= 4 is 39.0 Å². The summed E-state index contributed by atoms with van der Waals surface area (Å²) in [5.41, 5.74) is 0.940. The van der Waals surface area contributed by atoms with Crippen molar-refractivity contribution in [2.45, 2.75) is 6.54 Å². The second kappa shape index (κ2) is 6.19. The van der Waals surface area contributed by atoms with Crippen molar-refractivity contribution in [1.82, 2.24) is 4.98 Å². The molecule has 0 aliphatic rings. The lowest BCUT2D eigenvalue weighted by atomic mass is 10.2. The highest BCUT2D eigenvalue weighted by atomic mass is 79.9. The molecule has 1 aromatic carbocycles. The number of benzene rings is 1. The Kier molecular flexibility index (Phi) is 4.57. The van der Waals surface area contributed by atoms with Gasteiger partial charge in [-0.15, -0.1) is 0 Å². The van der Waals surface area contributed by atoms with E-state index in [1.54, 1.807) is 11.9 Å². The van der Waals surface area contributed by atoms with Crippen LogP contribution in [0.1, 0.15) is 5.56 Å². The first-order chi connectivity index (χ1) is 9.49. The van der Waals surface area contributed by atoms with Gasteiger partial charge in [0.2, 0.25) is 5.82 Å². The number of pyridine rings is 1. The summed E-state index contributed by atoms with van der Waals surface area (Å²) in [4.78, 5) is 16.3. The first-order valence-electron chi connectivity index (χ1n) is 5.74. The van der Waals surface area contributed by atoms with E-state index >= 15 is 0 Å². The minimum absolute atomic E-state index is 0.0658. The fourth-order valence-corrected chi connectivity index (χ4v) is 2.35. The van der Waals surface area contributed by atoms with E-state index < -0.39 is 4.92 Å². The molecule has 0 N–H and O–H groups in total. The fraction of sp³-hybridized carbons (Fsp3) is 0.154. The summed E-state index contributed by atoms with van der Waals surface area (Å²) in [6.45, 7) is 0.482.